The zero-order valence-electron chi connectivity index (χ0n) is 14.0. The normalized spacial score (nSPS) is 21.2. The first-order valence-corrected chi connectivity index (χ1v) is 8.35. The highest BCUT2D eigenvalue weighted by Crippen LogP contribution is 2.25. The number of carbonyl (C=O) groups is 2. The minimum Gasteiger partial charge on any atom is -0.369 e. The number of piperidine rings is 1. The van der Waals surface area contributed by atoms with Gasteiger partial charge in [0.05, 0.1) is 22.6 Å². The third-order valence-electron chi connectivity index (χ3n) is 4.68. The van der Waals surface area contributed by atoms with Gasteiger partial charge >= 0.3 is 0 Å². The number of likely N-dealkylation sites (tertiary alicyclic amines) is 1. The van der Waals surface area contributed by atoms with Crippen LogP contribution in [0, 0.1) is 5.92 Å². The molecule has 0 saturated carbocycles. The first-order chi connectivity index (χ1) is 11.5. The van der Waals surface area contributed by atoms with Gasteiger partial charge in [-0.1, -0.05) is 18.5 Å². The molecule has 0 radical (unpaired) electrons. The molecule has 7 nitrogen and oxygen atoms in total. The smallest absolute Gasteiger partial charge is 0.257 e. The zero-order chi connectivity index (χ0) is 17.3. The fraction of sp³-hybridized carbons (Fsp3) is 0.529. The summed E-state index contributed by atoms with van der Waals surface area (Å²) in [4.78, 5) is 30.3. The van der Waals surface area contributed by atoms with Gasteiger partial charge in [-0.2, -0.15) is 0 Å². The van der Waals surface area contributed by atoms with Crippen LogP contribution in [0.3, 0.4) is 0 Å². The van der Waals surface area contributed by atoms with Gasteiger partial charge in [0.2, 0.25) is 5.91 Å². The second-order valence-electron chi connectivity index (χ2n) is 6.44. The largest absolute Gasteiger partial charge is 0.369 e. The first-order valence-electron chi connectivity index (χ1n) is 8.35. The molecule has 2 N–H and O–H groups in total. The minimum absolute atomic E-state index is 0.0707. The molecule has 0 spiro atoms. The fourth-order valence-corrected chi connectivity index (χ4v) is 3.20. The van der Waals surface area contributed by atoms with E-state index in [1.165, 1.54) is 6.20 Å². The first kappa shape index (κ1) is 16.4. The topological polar surface area (TPSA) is 102 Å². The Hall–Kier alpha value is -2.44. The van der Waals surface area contributed by atoms with Crippen LogP contribution in [0.4, 0.5) is 0 Å². The molecule has 1 fully saturated rings. The molecule has 0 bridgehead atoms. The van der Waals surface area contributed by atoms with Gasteiger partial charge < -0.3 is 15.2 Å². The number of rotatable bonds is 4. The second-order valence-corrected chi connectivity index (χ2v) is 6.44. The van der Waals surface area contributed by atoms with E-state index in [4.69, 9.17) is 10.3 Å². The summed E-state index contributed by atoms with van der Waals surface area (Å²) in [5.41, 5.74) is 7.16. The lowest BCUT2D eigenvalue weighted by Crippen LogP contribution is -2.48. The number of carbonyl (C=O) groups excluding carboxylic acids is 2. The molecule has 2 amide bonds. The summed E-state index contributed by atoms with van der Waals surface area (Å²) in [5, 5.41) is 4.80. The Labute approximate surface area is 140 Å². The predicted octanol–water partition coefficient (Wildman–Crippen LogP) is 1.90. The van der Waals surface area contributed by atoms with Gasteiger partial charge in [-0.3, -0.25) is 9.59 Å². The third kappa shape index (κ3) is 2.98. The van der Waals surface area contributed by atoms with Gasteiger partial charge in [0.25, 0.3) is 11.6 Å². The summed E-state index contributed by atoms with van der Waals surface area (Å²) in [7, 11) is 0. The SMILES string of the molecule is CCCc1noc2ncc(C(=O)N3C[C@H](C(N)=O)CC[C@H]3C)cc12. The lowest BCUT2D eigenvalue weighted by atomic mass is 9.92. The average molecular weight is 330 g/mol. The van der Waals surface area contributed by atoms with Crippen LogP contribution in [0.25, 0.3) is 11.1 Å². The van der Waals surface area contributed by atoms with Crippen molar-refractivity contribution in [3.05, 3.63) is 23.5 Å². The number of primary amides is 1. The molecule has 2 aromatic rings. The average Bonchev–Trinajstić information content (AvgIpc) is 2.97. The number of aryl methyl sites for hydroxylation is 1. The number of hydrogen-bond acceptors (Lipinski definition) is 5. The van der Waals surface area contributed by atoms with Crippen molar-refractivity contribution in [2.75, 3.05) is 6.54 Å². The zero-order valence-corrected chi connectivity index (χ0v) is 14.0. The lowest BCUT2D eigenvalue weighted by Gasteiger charge is -2.36. The predicted molar refractivity (Wildman–Crippen MR) is 88.2 cm³/mol. The van der Waals surface area contributed by atoms with Gasteiger partial charge in [0, 0.05) is 18.8 Å². The number of aromatic nitrogens is 2. The number of amides is 2. The molecule has 3 rings (SSSR count). The number of pyridine rings is 1. The van der Waals surface area contributed by atoms with Crippen molar-refractivity contribution >= 4 is 22.9 Å². The Morgan fingerprint density at radius 2 is 2.21 bits per heavy atom. The van der Waals surface area contributed by atoms with Gasteiger partial charge in [-0.15, -0.1) is 0 Å². The summed E-state index contributed by atoms with van der Waals surface area (Å²) in [6, 6.07) is 1.86. The molecule has 1 aliphatic rings. The molecule has 3 heterocycles. The molecule has 2 atom stereocenters. The van der Waals surface area contributed by atoms with Gasteiger partial charge in [0.15, 0.2) is 0 Å². The van der Waals surface area contributed by atoms with Crippen molar-refractivity contribution in [2.45, 2.75) is 45.6 Å². The van der Waals surface area contributed by atoms with Gasteiger partial charge in [-0.25, -0.2) is 4.98 Å². The molecule has 1 aliphatic heterocycles. The van der Waals surface area contributed by atoms with E-state index in [-0.39, 0.29) is 23.8 Å². The summed E-state index contributed by atoms with van der Waals surface area (Å²) < 4.78 is 5.20. The van der Waals surface area contributed by atoms with Crippen LogP contribution in [0.2, 0.25) is 0 Å². The monoisotopic (exact) mass is 330 g/mol. The molecule has 0 unspecified atom stereocenters. The van der Waals surface area contributed by atoms with E-state index in [1.54, 1.807) is 11.0 Å². The minimum atomic E-state index is -0.349. The van der Waals surface area contributed by atoms with Crippen molar-refractivity contribution in [2.24, 2.45) is 11.7 Å². The molecule has 1 saturated heterocycles. The van der Waals surface area contributed by atoms with Crippen molar-refractivity contribution < 1.29 is 14.1 Å². The van der Waals surface area contributed by atoms with E-state index in [9.17, 15) is 9.59 Å². The molecule has 24 heavy (non-hydrogen) atoms. The van der Waals surface area contributed by atoms with E-state index < -0.39 is 0 Å². The summed E-state index contributed by atoms with van der Waals surface area (Å²) in [6.45, 7) is 4.41. The van der Waals surface area contributed by atoms with E-state index in [0.717, 1.165) is 36.8 Å². The fourth-order valence-electron chi connectivity index (χ4n) is 3.20. The number of nitrogens with two attached hydrogens (primary N) is 1. The maximum atomic E-state index is 12.9. The molecule has 2 aromatic heterocycles. The Balaban J connectivity index is 1.89. The van der Waals surface area contributed by atoms with E-state index in [2.05, 4.69) is 17.1 Å². The number of fused-ring (bicyclic) bond motifs is 1. The van der Waals surface area contributed by atoms with Crippen LogP contribution >= 0.6 is 0 Å². The Kier molecular flexibility index (Phi) is 4.51. The van der Waals surface area contributed by atoms with Gasteiger partial charge in [0.1, 0.15) is 0 Å². The van der Waals surface area contributed by atoms with Crippen molar-refractivity contribution in [1.82, 2.24) is 15.0 Å². The summed E-state index contributed by atoms with van der Waals surface area (Å²) in [5.74, 6) is -0.767. The van der Waals surface area contributed by atoms with Crippen LogP contribution in [-0.4, -0.2) is 39.4 Å². The highest BCUT2D eigenvalue weighted by molar-refractivity contribution is 5.97. The van der Waals surface area contributed by atoms with E-state index in [0.29, 0.717) is 17.8 Å². The number of nitrogens with zero attached hydrogens (tertiary/aromatic N) is 3. The van der Waals surface area contributed by atoms with Crippen LogP contribution in [-0.2, 0) is 11.2 Å². The number of hydrogen-bond donors (Lipinski definition) is 1. The van der Waals surface area contributed by atoms with Gasteiger partial charge in [-0.05, 0) is 32.3 Å². The highest BCUT2D eigenvalue weighted by atomic mass is 16.5. The Bertz CT molecular complexity index is 770. The quantitative estimate of drug-likeness (QED) is 0.922. The van der Waals surface area contributed by atoms with Crippen LogP contribution in [0.5, 0.6) is 0 Å². The summed E-state index contributed by atoms with van der Waals surface area (Å²) in [6.07, 6.45) is 4.71. The maximum Gasteiger partial charge on any atom is 0.257 e. The summed E-state index contributed by atoms with van der Waals surface area (Å²) >= 11 is 0. The molecular formula is C17H22N4O3. The van der Waals surface area contributed by atoms with Crippen LogP contribution < -0.4 is 5.73 Å². The third-order valence-corrected chi connectivity index (χ3v) is 4.68. The lowest BCUT2D eigenvalue weighted by molar-refractivity contribution is -0.123. The molecular weight excluding hydrogens is 308 g/mol. The standard InChI is InChI=1S/C17H22N4O3/c1-3-4-14-13-7-12(8-19-16(13)24-20-14)17(23)21-9-11(15(18)22)6-5-10(21)2/h7-8,10-11H,3-6,9H2,1-2H3,(H2,18,22)/t10-,11-/m1/s1. The maximum absolute atomic E-state index is 12.9. The van der Waals surface area contributed by atoms with E-state index >= 15 is 0 Å². The van der Waals surface area contributed by atoms with Crippen molar-refractivity contribution in [3.8, 4) is 0 Å². The molecule has 0 aromatic carbocycles. The van der Waals surface area contributed by atoms with Crippen LogP contribution in [0.15, 0.2) is 16.8 Å². The van der Waals surface area contributed by atoms with E-state index in [1.807, 2.05) is 6.92 Å². The van der Waals surface area contributed by atoms with Crippen molar-refractivity contribution in [3.63, 3.8) is 0 Å². The van der Waals surface area contributed by atoms with Crippen LogP contribution in [0.1, 0.15) is 49.2 Å². The molecule has 7 heteroatoms. The van der Waals surface area contributed by atoms with Crippen molar-refractivity contribution in [1.29, 1.82) is 0 Å². The molecule has 0 aliphatic carbocycles. The molecule has 128 valence electrons. The Morgan fingerprint density at radius 1 is 1.42 bits per heavy atom. The highest BCUT2D eigenvalue weighted by Gasteiger charge is 2.32. The Morgan fingerprint density at radius 3 is 2.92 bits per heavy atom. The second kappa shape index (κ2) is 6.59.